The minimum Gasteiger partial charge on any atom is -0.350 e. The lowest BCUT2D eigenvalue weighted by atomic mass is 9.77. The first-order chi connectivity index (χ1) is 10.2. The molecule has 1 heterocycles. The summed E-state index contributed by atoms with van der Waals surface area (Å²) in [5.41, 5.74) is 2.33. The molecule has 0 unspecified atom stereocenters. The summed E-state index contributed by atoms with van der Waals surface area (Å²) in [5, 5.41) is 12.3. The van der Waals surface area contributed by atoms with Gasteiger partial charge < -0.3 is 4.57 Å². The minimum absolute atomic E-state index is 0.0476. The van der Waals surface area contributed by atoms with Gasteiger partial charge in [0.05, 0.1) is 5.92 Å². The number of aromatic nitrogens is 1. The molecule has 1 aliphatic carbocycles. The van der Waals surface area contributed by atoms with Crippen molar-refractivity contribution in [2.75, 3.05) is 6.54 Å². The van der Waals surface area contributed by atoms with Crippen molar-refractivity contribution in [3.63, 3.8) is 0 Å². The highest BCUT2D eigenvalue weighted by Gasteiger charge is 2.31. The Morgan fingerprint density at radius 1 is 1.29 bits per heavy atom. The van der Waals surface area contributed by atoms with Gasteiger partial charge >= 0.3 is 0 Å². The SMILES string of the molecule is Cn1cc([C@@H](C[N+](=O)[O-])C2CCCCC2)c2ccccc21. The van der Waals surface area contributed by atoms with Gasteiger partial charge in [0.15, 0.2) is 0 Å². The van der Waals surface area contributed by atoms with Gasteiger partial charge in [0.1, 0.15) is 0 Å². The van der Waals surface area contributed by atoms with E-state index in [4.69, 9.17) is 0 Å². The summed E-state index contributed by atoms with van der Waals surface area (Å²) >= 11 is 0. The molecule has 1 aliphatic rings. The summed E-state index contributed by atoms with van der Waals surface area (Å²) in [6.45, 7) is 0.0542. The average Bonchev–Trinajstić information content (AvgIpc) is 2.83. The topological polar surface area (TPSA) is 48.1 Å². The number of benzene rings is 1. The van der Waals surface area contributed by atoms with Gasteiger partial charge in [0.25, 0.3) is 0 Å². The lowest BCUT2D eigenvalue weighted by molar-refractivity contribution is -0.485. The number of hydrogen-bond donors (Lipinski definition) is 0. The highest BCUT2D eigenvalue weighted by atomic mass is 16.6. The first-order valence-electron chi connectivity index (χ1n) is 7.82. The molecule has 0 saturated heterocycles. The van der Waals surface area contributed by atoms with Crippen molar-refractivity contribution in [2.45, 2.75) is 38.0 Å². The first kappa shape index (κ1) is 14.1. The van der Waals surface area contributed by atoms with Gasteiger partial charge in [0, 0.05) is 29.1 Å². The molecule has 0 N–H and O–H groups in total. The van der Waals surface area contributed by atoms with E-state index < -0.39 is 0 Å². The molecule has 0 amide bonds. The van der Waals surface area contributed by atoms with Crippen LogP contribution in [0.5, 0.6) is 0 Å². The number of para-hydroxylation sites is 1. The Hall–Kier alpha value is -1.84. The van der Waals surface area contributed by atoms with E-state index in [1.54, 1.807) is 0 Å². The molecule has 0 aliphatic heterocycles. The Bertz CT molecular complexity index is 641. The van der Waals surface area contributed by atoms with Crippen LogP contribution in [0.25, 0.3) is 10.9 Å². The molecule has 4 nitrogen and oxygen atoms in total. The molecular formula is C17H22N2O2. The Kier molecular flexibility index (Phi) is 3.95. The second-order valence-electron chi connectivity index (χ2n) is 6.23. The lowest BCUT2D eigenvalue weighted by Gasteiger charge is -2.27. The van der Waals surface area contributed by atoms with E-state index in [9.17, 15) is 10.1 Å². The second-order valence-corrected chi connectivity index (χ2v) is 6.23. The maximum Gasteiger partial charge on any atom is 0.211 e. The van der Waals surface area contributed by atoms with Crippen LogP contribution in [-0.2, 0) is 7.05 Å². The standard InChI is InChI=1S/C17H22N2O2/c1-18-11-16(14-9-5-6-10-17(14)18)15(12-19(20)21)13-7-3-2-4-8-13/h5-6,9-11,13,15H,2-4,7-8,12H2,1H3/t15-/m0/s1. The number of hydrogen-bond acceptors (Lipinski definition) is 2. The van der Waals surface area contributed by atoms with Gasteiger partial charge in [0.2, 0.25) is 6.54 Å². The number of aryl methyl sites for hydroxylation is 1. The van der Waals surface area contributed by atoms with Crippen molar-refractivity contribution >= 4 is 10.9 Å². The zero-order chi connectivity index (χ0) is 14.8. The summed E-state index contributed by atoms with van der Waals surface area (Å²) in [5.74, 6) is 0.501. The first-order valence-corrected chi connectivity index (χ1v) is 7.82. The Labute approximate surface area is 124 Å². The summed E-state index contributed by atoms with van der Waals surface area (Å²) in [6.07, 6.45) is 8.06. The predicted molar refractivity (Wildman–Crippen MR) is 84.1 cm³/mol. The molecule has 2 aromatic rings. The summed E-state index contributed by atoms with van der Waals surface area (Å²) < 4.78 is 2.10. The zero-order valence-electron chi connectivity index (χ0n) is 12.5. The Morgan fingerprint density at radius 2 is 2.00 bits per heavy atom. The molecule has 4 heteroatoms. The van der Waals surface area contributed by atoms with Crippen LogP contribution >= 0.6 is 0 Å². The lowest BCUT2D eigenvalue weighted by Crippen LogP contribution is -2.23. The van der Waals surface area contributed by atoms with Crippen LogP contribution in [-0.4, -0.2) is 16.0 Å². The van der Waals surface area contributed by atoms with E-state index in [1.165, 1.54) is 24.6 Å². The van der Waals surface area contributed by atoms with Crippen LogP contribution in [0.2, 0.25) is 0 Å². The second kappa shape index (κ2) is 5.88. The third kappa shape index (κ3) is 2.80. The van der Waals surface area contributed by atoms with Crippen LogP contribution in [0.4, 0.5) is 0 Å². The molecule has 112 valence electrons. The van der Waals surface area contributed by atoms with Gasteiger partial charge in [-0.25, -0.2) is 0 Å². The molecule has 3 rings (SSSR count). The predicted octanol–water partition coefficient (Wildman–Crippen LogP) is 4.12. The third-order valence-electron chi connectivity index (χ3n) is 4.89. The fourth-order valence-electron chi connectivity index (χ4n) is 3.87. The maximum atomic E-state index is 11.2. The molecule has 1 aromatic carbocycles. The molecule has 1 saturated carbocycles. The van der Waals surface area contributed by atoms with Crippen molar-refractivity contribution in [1.82, 2.24) is 4.57 Å². The van der Waals surface area contributed by atoms with Crippen LogP contribution in [0.1, 0.15) is 43.6 Å². The molecule has 1 aromatic heterocycles. The summed E-state index contributed by atoms with van der Waals surface area (Å²) in [4.78, 5) is 11.0. The van der Waals surface area contributed by atoms with Crippen molar-refractivity contribution in [3.05, 3.63) is 46.1 Å². The average molecular weight is 286 g/mol. The fourth-order valence-corrected chi connectivity index (χ4v) is 3.87. The number of nitro groups is 1. The molecular weight excluding hydrogens is 264 g/mol. The van der Waals surface area contributed by atoms with Gasteiger partial charge in [-0.2, -0.15) is 0 Å². The van der Waals surface area contributed by atoms with E-state index in [2.05, 4.69) is 22.9 Å². The zero-order valence-corrected chi connectivity index (χ0v) is 12.5. The van der Waals surface area contributed by atoms with Crippen molar-refractivity contribution in [1.29, 1.82) is 0 Å². The van der Waals surface area contributed by atoms with Crippen molar-refractivity contribution < 1.29 is 4.92 Å². The van der Waals surface area contributed by atoms with Crippen LogP contribution in [0, 0.1) is 16.0 Å². The Morgan fingerprint density at radius 3 is 2.71 bits per heavy atom. The highest BCUT2D eigenvalue weighted by molar-refractivity contribution is 5.84. The molecule has 21 heavy (non-hydrogen) atoms. The van der Waals surface area contributed by atoms with Crippen molar-refractivity contribution in [2.24, 2.45) is 13.0 Å². The van der Waals surface area contributed by atoms with Crippen LogP contribution in [0.3, 0.4) is 0 Å². The van der Waals surface area contributed by atoms with Gasteiger partial charge in [-0.1, -0.05) is 37.5 Å². The number of rotatable bonds is 4. The van der Waals surface area contributed by atoms with E-state index in [1.807, 2.05) is 19.2 Å². The third-order valence-corrected chi connectivity index (χ3v) is 4.89. The summed E-state index contributed by atoms with van der Waals surface area (Å²) in [6, 6.07) is 8.23. The van der Waals surface area contributed by atoms with Gasteiger partial charge in [-0.05, 0) is 30.4 Å². The van der Waals surface area contributed by atoms with E-state index in [0.717, 1.165) is 23.9 Å². The van der Waals surface area contributed by atoms with E-state index in [0.29, 0.717) is 5.92 Å². The van der Waals surface area contributed by atoms with Crippen LogP contribution in [0.15, 0.2) is 30.5 Å². The maximum absolute atomic E-state index is 11.2. The molecule has 1 atom stereocenters. The number of nitrogens with zero attached hydrogens (tertiary/aromatic N) is 2. The number of fused-ring (bicyclic) bond motifs is 1. The van der Waals surface area contributed by atoms with Gasteiger partial charge in [-0.3, -0.25) is 10.1 Å². The van der Waals surface area contributed by atoms with Crippen molar-refractivity contribution in [3.8, 4) is 0 Å². The quantitative estimate of drug-likeness (QED) is 0.627. The monoisotopic (exact) mass is 286 g/mol. The highest BCUT2D eigenvalue weighted by Crippen LogP contribution is 2.39. The van der Waals surface area contributed by atoms with E-state index in [-0.39, 0.29) is 17.4 Å². The molecule has 0 spiro atoms. The normalized spacial score (nSPS) is 18.0. The largest absolute Gasteiger partial charge is 0.350 e. The fraction of sp³-hybridized carbons (Fsp3) is 0.529. The Balaban J connectivity index is 2.03. The minimum atomic E-state index is -0.138. The summed E-state index contributed by atoms with van der Waals surface area (Å²) in [7, 11) is 2.02. The van der Waals surface area contributed by atoms with Crippen LogP contribution < -0.4 is 0 Å². The smallest absolute Gasteiger partial charge is 0.211 e. The molecule has 0 bridgehead atoms. The van der Waals surface area contributed by atoms with Gasteiger partial charge in [-0.15, -0.1) is 0 Å². The molecule has 0 radical (unpaired) electrons. The molecule has 1 fully saturated rings. The van der Waals surface area contributed by atoms with E-state index >= 15 is 0 Å².